The molecule has 0 aromatic carbocycles. The summed E-state index contributed by atoms with van der Waals surface area (Å²) >= 11 is 0. The Hall–Kier alpha value is -1.36. The quantitative estimate of drug-likeness (QED) is 0.718. The van der Waals surface area contributed by atoms with Gasteiger partial charge in [0.25, 0.3) is 0 Å². The molecule has 0 amide bonds. The lowest BCUT2D eigenvalue weighted by molar-refractivity contribution is 0.412. The van der Waals surface area contributed by atoms with Crippen molar-refractivity contribution in [3.8, 4) is 0 Å². The van der Waals surface area contributed by atoms with Gasteiger partial charge in [0.05, 0.1) is 0 Å². The number of rotatable bonds is 10. The van der Waals surface area contributed by atoms with Crippen LogP contribution in [-0.2, 0) is 6.42 Å². The van der Waals surface area contributed by atoms with Crippen molar-refractivity contribution in [3.05, 3.63) is 11.9 Å². The third-order valence-corrected chi connectivity index (χ3v) is 3.38. The molecule has 0 saturated heterocycles. The topological polar surface area (TPSA) is 44.3 Å². The van der Waals surface area contributed by atoms with Crippen molar-refractivity contribution in [2.45, 2.75) is 40.0 Å². The highest BCUT2D eigenvalue weighted by Crippen LogP contribution is 2.25. The number of nitrogens with one attached hydrogen (secondary N) is 1. The highest BCUT2D eigenvalue weighted by atomic mass is 15.2. The second-order valence-electron chi connectivity index (χ2n) is 5.60. The van der Waals surface area contributed by atoms with E-state index >= 15 is 0 Å². The average Bonchev–Trinajstić information content (AvgIpc) is 2.46. The molecular weight excluding hydrogens is 262 g/mol. The first-order chi connectivity index (χ1) is 10.1. The van der Waals surface area contributed by atoms with Crippen LogP contribution >= 0.6 is 0 Å². The summed E-state index contributed by atoms with van der Waals surface area (Å²) in [6.07, 6.45) is 4.93. The summed E-state index contributed by atoms with van der Waals surface area (Å²) in [5.74, 6) is 2.10. The summed E-state index contributed by atoms with van der Waals surface area (Å²) in [7, 11) is 4.22. The molecule has 0 bridgehead atoms. The molecular formula is C16H31N5. The molecule has 5 nitrogen and oxygen atoms in total. The highest BCUT2D eigenvalue weighted by molar-refractivity contribution is 5.58. The van der Waals surface area contributed by atoms with Crippen LogP contribution in [0.3, 0.4) is 0 Å². The second kappa shape index (κ2) is 9.55. The number of anilines is 2. The summed E-state index contributed by atoms with van der Waals surface area (Å²) in [5, 5.41) is 3.37. The van der Waals surface area contributed by atoms with Gasteiger partial charge in [-0.15, -0.1) is 0 Å². The van der Waals surface area contributed by atoms with Crippen molar-refractivity contribution < 1.29 is 0 Å². The lowest BCUT2D eigenvalue weighted by Crippen LogP contribution is -2.34. The zero-order chi connectivity index (χ0) is 15.7. The number of hydrogen-bond acceptors (Lipinski definition) is 5. The Kier molecular flexibility index (Phi) is 8.05. The van der Waals surface area contributed by atoms with Gasteiger partial charge in [-0.05, 0) is 33.9 Å². The molecule has 120 valence electrons. The van der Waals surface area contributed by atoms with E-state index in [4.69, 9.17) is 0 Å². The van der Waals surface area contributed by atoms with Gasteiger partial charge in [-0.1, -0.05) is 20.3 Å². The van der Waals surface area contributed by atoms with Crippen molar-refractivity contribution >= 4 is 11.6 Å². The summed E-state index contributed by atoms with van der Waals surface area (Å²) in [6.45, 7) is 10.5. The molecule has 0 aliphatic carbocycles. The van der Waals surface area contributed by atoms with Crippen LogP contribution in [0.15, 0.2) is 6.33 Å². The van der Waals surface area contributed by atoms with E-state index in [0.29, 0.717) is 0 Å². The van der Waals surface area contributed by atoms with Crippen molar-refractivity contribution in [2.75, 3.05) is 50.5 Å². The van der Waals surface area contributed by atoms with E-state index in [2.05, 4.69) is 60.0 Å². The SMILES string of the molecule is CCCc1c(NCC)ncnc1N(CCC)CCN(C)C. The third kappa shape index (κ3) is 5.50. The molecule has 0 aliphatic heterocycles. The van der Waals surface area contributed by atoms with E-state index in [-0.39, 0.29) is 0 Å². The molecule has 0 aliphatic rings. The number of nitrogens with zero attached hydrogens (tertiary/aromatic N) is 4. The minimum atomic E-state index is 0.888. The molecule has 1 aromatic rings. The van der Waals surface area contributed by atoms with Gasteiger partial charge in [0.1, 0.15) is 18.0 Å². The predicted octanol–water partition coefficient (Wildman–Crippen LogP) is 2.64. The van der Waals surface area contributed by atoms with Crippen LogP contribution in [0.25, 0.3) is 0 Å². The van der Waals surface area contributed by atoms with Crippen LogP contribution < -0.4 is 10.2 Å². The fourth-order valence-corrected chi connectivity index (χ4v) is 2.39. The molecule has 0 spiro atoms. The highest BCUT2D eigenvalue weighted by Gasteiger charge is 2.16. The van der Waals surface area contributed by atoms with E-state index in [1.165, 1.54) is 5.56 Å². The summed E-state index contributed by atoms with van der Waals surface area (Å²) in [6, 6.07) is 0. The van der Waals surface area contributed by atoms with Crippen LogP contribution in [0.1, 0.15) is 39.2 Å². The van der Waals surface area contributed by atoms with Gasteiger partial charge in [-0.3, -0.25) is 0 Å². The molecule has 0 atom stereocenters. The summed E-state index contributed by atoms with van der Waals surface area (Å²) in [5.41, 5.74) is 1.26. The summed E-state index contributed by atoms with van der Waals surface area (Å²) in [4.78, 5) is 13.6. The standard InChI is InChI=1S/C16H31N5/c1-6-9-14-15(17-8-3)18-13-19-16(14)21(10-7-2)12-11-20(4)5/h13H,6-12H2,1-5H3,(H,17,18,19). The minimum Gasteiger partial charge on any atom is -0.370 e. The first-order valence-electron chi connectivity index (χ1n) is 8.11. The molecule has 0 unspecified atom stereocenters. The number of likely N-dealkylation sites (N-methyl/N-ethyl adjacent to an activating group) is 1. The molecule has 0 saturated carbocycles. The third-order valence-electron chi connectivity index (χ3n) is 3.38. The van der Waals surface area contributed by atoms with E-state index < -0.39 is 0 Å². The Bertz CT molecular complexity index is 406. The van der Waals surface area contributed by atoms with Gasteiger partial charge in [-0.25, -0.2) is 9.97 Å². The van der Waals surface area contributed by atoms with Gasteiger partial charge in [0, 0.05) is 31.7 Å². The molecule has 1 aromatic heterocycles. The first kappa shape index (κ1) is 17.7. The minimum absolute atomic E-state index is 0.888. The Labute approximate surface area is 129 Å². The van der Waals surface area contributed by atoms with Crippen LogP contribution in [0.4, 0.5) is 11.6 Å². The smallest absolute Gasteiger partial charge is 0.137 e. The van der Waals surface area contributed by atoms with E-state index in [0.717, 1.165) is 57.1 Å². The molecule has 1 rings (SSSR count). The zero-order valence-electron chi connectivity index (χ0n) is 14.3. The van der Waals surface area contributed by atoms with Crippen molar-refractivity contribution in [1.29, 1.82) is 0 Å². The Morgan fingerprint density at radius 2 is 1.76 bits per heavy atom. The van der Waals surface area contributed by atoms with Crippen molar-refractivity contribution in [3.63, 3.8) is 0 Å². The molecule has 1 heterocycles. The van der Waals surface area contributed by atoms with E-state index in [9.17, 15) is 0 Å². The fraction of sp³-hybridized carbons (Fsp3) is 0.750. The van der Waals surface area contributed by atoms with E-state index in [1.54, 1.807) is 6.33 Å². The maximum atomic E-state index is 4.59. The zero-order valence-corrected chi connectivity index (χ0v) is 14.3. The Balaban J connectivity index is 3.06. The van der Waals surface area contributed by atoms with Gasteiger partial charge >= 0.3 is 0 Å². The molecule has 1 N–H and O–H groups in total. The monoisotopic (exact) mass is 293 g/mol. The first-order valence-corrected chi connectivity index (χ1v) is 8.11. The maximum absolute atomic E-state index is 4.59. The largest absolute Gasteiger partial charge is 0.370 e. The summed E-state index contributed by atoms with van der Waals surface area (Å²) < 4.78 is 0. The Morgan fingerprint density at radius 1 is 1.00 bits per heavy atom. The van der Waals surface area contributed by atoms with Crippen LogP contribution in [0.5, 0.6) is 0 Å². The predicted molar refractivity (Wildman–Crippen MR) is 91.2 cm³/mol. The van der Waals surface area contributed by atoms with Gasteiger partial charge in [-0.2, -0.15) is 0 Å². The lowest BCUT2D eigenvalue weighted by atomic mass is 10.1. The van der Waals surface area contributed by atoms with Gasteiger partial charge in [0.2, 0.25) is 0 Å². The van der Waals surface area contributed by atoms with Crippen LogP contribution in [0.2, 0.25) is 0 Å². The molecule has 21 heavy (non-hydrogen) atoms. The Morgan fingerprint density at radius 3 is 2.33 bits per heavy atom. The second-order valence-corrected chi connectivity index (χ2v) is 5.60. The van der Waals surface area contributed by atoms with Gasteiger partial charge in [0.15, 0.2) is 0 Å². The fourth-order valence-electron chi connectivity index (χ4n) is 2.39. The van der Waals surface area contributed by atoms with Crippen LogP contribution in [-0.4, -0.2) is 55.1 Å². The lowest BCUT2D eigenvalue weighted by Gasteiger charge is -2.27. The van der Waals surface area contributed by atoms with Crippen molar-refractivity contribution in [2.24, 2.45) is 0 Å². The number of hydrogen-bond donors (Lipinski definition) is 1. The average molecular weight is 293 g/mol. The molecule has 5 heteroatoms. The number of aromatic nitrogens is 2. The normalized spacial score (nSPS) is 11.0. The van der Waals surface area contributed by atoms with Crippen LogP contribution in [0, 0.1) is 0 Å². The molecule has 0 radical (unpaired) electrons. The van der Waals surface area contributed by atoms with Gasteiger partial charge < -0.3 is 15.1 Å². The maximum Gasteiger partial charge on any atom is 0.137 e. The van der Waals surface area contributed by atoms with E-state index in [1.807, 2.05) is 0 Å². The van der Waals surface area contributed by atoms with Crippen molar-refractivity contribution in [1.82, 2.24) is 14.9 Å². The molecule has 0 fully saturated rings.